The molecule has 0 radical (unpaired) electrons. The molecule has 0 rings (SSSR count). The topological polar surface area (TPSA) is 121 Å². The average molecular weight is 578 g/mol. The van der Waals surface area contributed by atoms with Crippen LogP contribution >= 0.6 is 13.4 Å². The molecule has 0 aromatic rings. The van der Waals surface area contributed by atoms with Crippen molar-refractivity contribution < 1.29 is 49.2 Å². The zero-order valence-electron chi connectivity index (χ0n) is 17.8. The van der Waals surface area contributed by atoms with E-state index >= 15 is 0 Å². The van der Waals surface area contributed by atoms with Gasteiger partial charge in [0.15, 0.2) is 0 Å². The summed E-state index contributed by atoms with van der Waals surface area (Å²) in [6.07, 6.45) is 23.5. The van der Waals surface area contributed by atoms with Crippen molar-refractivity contribution in [2.75, 3.05) is 0 Å². The third-order valence-electron chi connectivity index (χ3n) is 4.00. The minimum atomic E-state index is -3.81. The largest absolute Gasteiger partial charge is 0.325 e. The van der Waals surface area contributed by atoms with Crippen LogP contribution in [0.25, 0.3) is 0 Å². The molecule has 0 aromatic carbocycles. The molecule has 0 spiro atoms. The predicted octanol–water partition coefficient (Wildman–Crippen LogP) is 5.59. The molecule has 29 heavy (non-hydrogen) atoms. The van der Waals surface area contributed by atoms with Crippen LogP contribution in [0.4, 0.5) is 0 Å². The van der Waals surface area contributed by atoms with Crippen LogP contribution in [0.15, 0.2) is 0 Å². The molecule has 0 saturated heterocycles. The van der Waals surface area contributed by atoms with Crippen molar-refractivity contribution in [1.29, 1.82) is 0 Å². The van der Waals surface area contributed by atoms with E-state index in [2.05, 4.69) is 50.4 Å². The van der Waals surface area contributed by atoms with E-state index in [0.717, 1.165) is 0 Å². The molecule has 0 aliphatic heterocycles. The van der Waals surface area contributed by atoms with E-state index in [4.69, 9.17) is 29.4 Å². The summed E-state index contributed by atoms with van der Waals surface area (Å²) in [5, 5.41) is 0. The summed E-state index contributed by atoms with van der Waals surface area (Å²) in [4.78, 5) is 46.7. The molecule has 0 aromatic heterocycles. The van der Waals surface area contributed by atoms with Crippen LogP contribution in [0, 0.1) is 0 Å². The molecule has 6 N–H and O–H groups in total. The zero-order valence-corrected chi connectivity index (χ0v) is 23.3. The smallest absolute Gasteiger partial charge is 0.319 e. The number of rotatable bonds is 16. The van der Waals surface area contributed by atoms with E-state index in [1.807, 2.05) is 0 Å². The first kappa shape index (κ1) is 35.3. The molecule has 0 heterocycles. The molecule has 6 nitrogen and oxygen atoms in total. The Morgan fingerprint density at radius 2 is 0.655 bits per heavy atom. The SMILES string of the molecule is CCCCCCCCCCCCCCCCC[CH2][Mo].OP(O)(O)=S.OP(O)(O)=S. The van der Waals surface area contributed by atoms with Gasteiger partial charge < -0.3 is 29.4 Å². The van der Waals surface area contributed by atoms with E-state index in [-0.39, 0.29) is 0 Å². The molecular formula is C18H43MoO6P2S2. The van der Waals surface area contributed by atoms with Gasteiger partial charge in [-0.25, -0.2) is 0 Å². The summed E-state index contributed by atoms with van der Waals surface area (Å²) in [5.74, 6) is 0. The minimum absolute atomic E-state index is 1.37. The molecule has 0 aliphatic carbocycles. The Morgan fingerprint density at radius 3 is 0.828 bits per heavy atom. The maximum atomic E-state index is 7.56. The summed E-state index contributed by atoms with van der Waals surface area (Å²) in [6, 6.07) is 0. The van der Waals surface area contributed by atoms with Crippen LogP contribution in [-0.4, -0.2) is 29.4 Å². The minimum Gasteiger partial charge on any atom is -0.325 e. The van der Waals surface area contributed by atoms with Gasteiger partial charge in [-0.3, -0.25) is 0 Å². The van der Waals surface area contributed by atoms with Gasteiger partial charge in [0.05, 0.1) is 0 Å². The molecule has 0 bridgehead atoms. The van der Waals surface area contributed by atoms with Gasteiger partial charge in [0.2, 0.25) is 0 Å². The van der Waals surface area contributed by atoms with Crippen molar-refractivity contribution in [1.82, 2.24) is 0 Å². The van der Waals surface area contributed by atoms with Crippen molar-refractivity contribution in [3.8, 4) is 0 Å². The number of hydrogen-bond donors (Lipinski definition) is 6. The summed E-state index contributed by atoms with van der Waals surface area (Å²) >= 11 is 9.44. The maximum absolute atomic E-state index is 7.56. The van der Waals surface area contributed by atoms with E-state index in [1.165, 1.54) is 108 Å². The van der Waals surface area contributed by atoms with E-state index in [0.29, 0.717) is 0 Å². The van der Waals surface area contributed by atoms with Gasteiger partial charge in [0.1, 0.15) is 0 Å². The maximum Gasteiger partial charge on any atom is 0.319 e. The third kappa shape index (κ3) is 72.7. The number of hydrogen-bond acceptors (Lipinski definition) is 2. The Balaban J connectivity index is -0.000000555. The Labute approximate surface area is 200 Å². The summed E-state index contributed by atoms with van der Waals surface area (Å²) in [6.45, 7) is -5.32. The molecule has 0 atom stereocenters. The number of unbranched alkanes of at least 4 members (excludes halogenated alkanes) is 15. The van der Waals surface area contributed by atoms with Crippen molar-refractivity contribution in [3.63, 3.8) is 0 Å². The van der Waals surface area contributed by atoms with Crippen molar-refractivity contribution >= 4 is 37.1 Å². The molecule has 0 unspecified atom stereocenters. The zero-order chi connectivity index (χ0) is 23.0. The molecule has 0 saturated carbocycles. The fourth-order valence-corrected chi connectivity index (χ4v) is 3.15. The molecule has 11 heteroatoms. The van der Waals surface area contributed by atoms with Crippen LogP contribution in [0.3, 0.4) is 0 Å². The molecule has 0 fully saturated rings. The second-order valence-corrected chi connectivity index (χ2v) is 13.0. The molecule has 0 aliphatic rings. The Bertz CT molecular complexity index is 355. The standard InChI is InChI=1S/C18H37.Mo.2H3O3PS/c1-3-5-7-9-11-13-15-17-18-16-14-12-10-8-6-4-2;;2*1-4(2,3)5/h1,3-18H2,2H3;;2*(H3,1,2,3,5). The molecular weight excluding hydrogens is 534 g/mol. The summed E-state index contributed by atoms with van der Waals surface area (Å²) in [5.41, 5.74) is 0. The predicted molar refractivity (Wildman–Crippen MR) is 126 cm³/mol. The van der Waals surface area contributed by atoms with Gasteiger partial charge >= 0.3 is 109 Å². The normalized spacial score (nSPS) is 11.3. The average Bonchev–Trinajstić information content (AvgIpc) is 2.55. The Kier molecular flexibility index (Phi) is 31.7. The van der Waals surface area contributed by atoms with E-state index in [1.54, 1.807) is 0 Å². The first-order valence-corrected chi connectivity index (χ1v) is 17.3. The van der Waals surface area contributed by atoms with E-state index in [9.17, 15) is 0 Å². The second kappa shape index (κ2) is 26.0. The monoisotopic (exact) mass is 579 g/mol. The van der Waals surface area contributed by atoms with E-state index < -0.39 is 13.4 Å². The molecule has 179 valence electrons. The summed E-state index contributed by atoms with van der Waals surface area (Å²) in [7, 11) is 0. The quantitative estimate of drug-likeness (QED) is 0.0798. The first-order valence-electron chi connectivity index (χ1n) is 10.6. The fourth-order valence-electron chi connectivity index (χ4n) is 2.65. The van der Waals surface area contributed by atoms with Crippen LogP contribution in [0.2, 0.25) is 4.81 Å². The van der Waals surface area contributed by atoms with Gasteiger partial charge in [0.25, 0.3) is 0 Å². The van der Waals surface area contributed by atoms with Crippen LogP contribution < -0.4 is 0 Å². The van der Waals surface area contributed by atoms with Crippen molar-refractivity contribution in [2.24, 2.45) is 0 Å². The van der Waals surface area contributed by atoms with Gasteiger partial charge in [-0.15, -0.1) is 0 Å². The van der Waals surface area contributed by atoms with Crippen LogP contribution in [0.1, 0.15) is 110 Å². The van der Waals surface area contributed by atoms with Gasteiger partial charge in [0, 0.05) is 0 Å². The summed E-state index contributed by atoms with van der Waals surface area (Å²) < 4.78 is 0. The van der Waals surface area contributed by atoms with Gasteiger partial charge in [-0.05, 0) is 23.6 Å². The Morgan fingerprint density at radius 1 is 0.483 bits per heavy atom. The Hall–Kier alpha value is 1.75. The fraction of sp³-hybridized carbons (Fsp3) is 1.00. The third-order valence-corrected chi connectivity index (χ3v) is 4.71. The first-order chi connectivity index (χ1) is 13.4. The van der Waals surface area contributed by atoms with Gasteiger partial charge in [-0.1, -0.05) is 39.0 Å². The van der Waals surface area contributed by atoms with Crippen molar-refractivity contribution in [3.05, 3.63) is 0 Å². The second-order valence-electron chi connectivity index (χ2n) is 7.03. The van der Waals surface area contributed by atoms with Gasteiger partial charge in [-0.2, -0.15) is 0 Å². The molecule has 0 amide bonds. The van der Waals surface area contributed by atoms with Crippen LogP contribution in [-0.2, 0) is 43.4 Å². The van der Waals surface area contributed by atoms with Crippen molar-refractivity contribution in [2.45, 2.75) is 114 Å². The van der Waals surface area contributed by atoms with Crippen LogP contribution in [0.5, 0.6) is 0 Å².